The summed E-state index contributed by atoms with van der Waals surface area (Å²) in [5.74, 6) is -0.507. The molecule has 1 aromatic carbocycles. The number of aromatic nitrogens is 2. The van der Waals surface area contributed by atoms with E-state index in [1.54, 1.807) is 19.3 Å². The predicted octanol–water partition coefficient (Wildman–Crippen LogP) is 1.52. The number of aryl methyl sites for hydroxylation is 1. The van der Waals surface area contributed by atoms with Gasteiger partial charge in [-0.2, -0.15) is 5.10 Å². The molecule has 0 aliphatic rings. The summed E-state index contributed by atoms with van der Waals surface area (Å²) in [6.45, 7) is 0. The first kappa shape index (κ1) is 7.91. The van der Waals surface area contributed by atoms with Crippen molar-refractivity contribution in [3.63, 3.8) is 0 Å². The molecule has 13 heavy (non-hydrogen) atoms. The number of hydrogen-bond acceptors (Lipinski definition) is 2. The lowest BCUT2D eigenvalue weighted by Crippen LogP contribution is -1.95. The van der Waals surface area contributed by atoms with E-state index in [9.17, 15) is 9.18 Å². The van der Waals surface area contributed by atoms with Gasteiger partial charge in [0.2, 0.25) is 0 Å². The first-order valence-corrected chi connectivity index (χ1v) is 3.79. The van der Waals surface area contributed by atoms with Crippen LogP contribution in [0.5, 0.6) is 0 Å². The lowest BCUT2D eigenvalue weighted by molar-refractivity contribution is 0.112. The summed E-state index contributed by atoms with van der Waals surface area (Å²) in [6, 6.07) is 3.13. The molecular weight excluding hydrogens is 171 g/mol. The van der Waals surface area contributed by atoms with E-state index in [-0.39, 0.29) is 5.56 Å². The summed E-state index contributed by atoms with van der Waals surface area (Å²) in [6.07, 6.45) is 2.06. The number of fused-ring (bicyclic) bond motifs is 1. The molecule has 0 aliphatic heterocycles. The van der Waals surface area contributed by atoms with Crippen LogP contribution in [0.15, 0.2) is 18.3 Å². The lowest BCUT2D eigenvalue weighted by atomic mass is 10.2. The molecule has 3 nitrogen and oxygen atoms in total. The van der Waals surface area contributed by atoms with Crippen LogP contribution >= 0.6 is 0 Å². The Hall–Kier alpha value is -1.71. The van der Waals surface area contributed by atoms with E-state index in [1.165, 1.54) is 10.7 Å². The van der Waals surface area contributed by atoms with Crippen LogP contribution in [0.4, 0.5) is 4.39 Å². The van der Waals surface area contributed by atoms with Crippen molar-refractivity contribution in [2.24, 2.45) is 7.05 Å². The maximum Gasteiger partial charge on any atom is 0.159 e. The van der Waals surface area contributed by atoms with E-state index in [4.69, 9.17) is 0 Å². The molecule has 0 unspecified atom stereocenters. The average molecular weight is 178 g/mol. The van der Waals surface area contributed by atoms with Crippen molar-refractivity contribution < 1.29 is 9.18 Å². The predicted molar refractivity (Wildman–Crippen MR) is 46.1 cm³/mol. The minimum Gasteiger partial charge on any atom is -0.298 e. The lowest BCUT2D eigenvalue weighted by Gasteiger charge is -1.98. The minimum absolute atomic E-state index is 0.0658. The van der Waals surface area contributed by atoms with Crippen molar-refractivity contribution in [2.75, 3.05) is 0 Å². The highest BCUT2D eigenvalue weighted by atomic mass is 19.1. The van der Waals surface area contributed by atoms with Gasteiger partial charge in [0.25, 0.3) is 0 Å². The number of rotatable bonds is 1. The number of hydrogen-bond donors (Lipinski definition) is 0. The monoisotopic (exact) mass is 178 g/mol. The second-order valence-electron chi connectivity index (χ2n) is 2.79. The quantitative estimate of drug-likeness (QED) is 0.620. The molecule has 0 aliphatic carbocycles. The Kier molecular flexibility index (Phi) is 1.62. The van der Waals surface area contributed by atoms with Crippen LogP contribution in [0.3, 0.4) is 0 Å². The van der Waals surface area contributed by atoms with Crippen LogP contribution in [0.25, 0.3) is 10.9 Å². The zero-order chi connectivity index (χ0) is 9.42. The largest absolute Gasteiger partial charge is 0.298 e. The van der Waals surface area contributed by atoms with Crippen molar-refractivity contribution >= 4 is 17.2 Å². The van der Waals surface area contributed by atoms with E-state index in [0.29, 0.717) is 17.2 Å². The van der Waals surface area contributed by atoms with Gasteiger partial charge in [0.15, 0.2) is 12.1 Å². The Bertz CT molecular complexity index is 476. The molecule has 0 saturated carbocycles. The zero-order valence-corrected chi connectivity index (χ0v) is 6.99. The first-order chi connectivity index (χ1) is 6.24. The van der Waals surface area contributed by atoms with Gasteiger partial charge in [-0.05, 0) is 6.07 Å². The Balaban J connectivity index is 2.91. The van der Waals surface area contributed by atoms with Crippen LogP contribution in [0.1, 0.15) is 10.4 Å². The van der Waals surface area contributed by atoms with Crippen molar-refractivity contribution in [2.45, 2.75) is 0 Å². The fourth-order valence-corrected chi connectivity index (χ4v) is 1.33. The van der Waals surface area contributed by atoms with Gasteiger partial charge in [-0.1, -0.05) is 6.07 Å². The average Bonchev–Trinajstić information content (AvgIpc) is 2.49. The normalized spacial score (nSPS) is 10.6. The SMILES string of the molecule is Cn1ncc2ccc(C=O)c(F)c21. The summed E-state index contributed by atoms with van der Waals surface area (Å²) in [4.78, 5) is 10.4. The maximum atomic E-state index is 13.5. The van der Waals surface area contributed by atoms with Gasteiger partial charge >= 0.3 is 0 Å². The van der Waals surface area contributed by atoms with Crippen molar-refractivity contribution in [1.82, 2.24) is 9.78 Å². The second-order valence-corrected chi connectivity index (χ2v) is 2.79. The summed E-state index contributed by atoms with van der Waals surface area (Å²) in [5, 5.41) is 4.59. The molecule has 66 valence electrons. The molecule has 0 radical (unpaired) electrons. The van der Waals surface area contributed by atoms with Crippen molar-refractivity contribution in [3.8, 4) is 0 Å². The number of nitrogens with zero attached hydrogens (tertiary/aromatic N) is 2. The highest BCUT2D eigenvalue weighted by molar-refractivity contribution is 5.87. The van der Waals surface area contributed by atoms with E-state index in [2.05, 4.69) is 5.10 Å². The number of halogens is 1. The fraction of sp³-hybridized carbons (Fsp3) is 0.111. The molecule has 0 fully saturated rings. The molecule has 0 spiro atoms. The van der Waals surface area contributed by atoms with Gasteiger partial charge in [0.1, 0.15) is 5.52 Å². The highest BCUT2D eigenvalue weighted by Gasteiger charge is 2.09. The van der Waals surface area contributed by atoms with Crippen LogP contribution in [-0.2, 0) is 7.05 Å². The second kappa shape index (κ2) is 2.65. The highest BCUT2D eigenvalue weighted by Crippen LogP contribution is 2.18. The molecular formula is C9H7FN2O. The van der Waals surface area contributed by atoms with Crippen LogP contribution in [-0.4, -0.2) is 16.1 Å². The van der Waals surface area contributed by atoms with Crippen LogP contribution < -0.4 is 0 Å². The summed E-state index contributed by atoms with van der Waals surface area (Å²) < 4.78 is 14.9. The Morgan fingerprint density at radius 3 is 3.00 bits per heavy atom. The summed E-state index contributed by atoms with van der Waals surface area (Å²) in [7, 11) is 1.64. The Labute approximate surface area is 73.8 Å². The van der Waals surface area contributed by atoms with Crippen molar-refractivity contribution in [1.29, 1.82) is 0 Å². The third kappa shape index (κ3) is 1.02. The Morgan fingerprint density at radius 2 is 2.31 bits per heavy atom. The first-order valence-electron chi connectivity index (χ1n) is 3.79. The van der Waals surface area contributed by atoms with Gasteiger partial charge in [0, 0.05) is 12.4 Å². The molecule has 0 saturated heterocycles. The molecule has 2 rings (SSSR count). The van der Waals surface area contributed by atoms with E-state index in [1.807, 2.05) is 0 Å². The maximum absolute atomic E-state index is 13.5. The van der Waals surface area contributed by atoms with Crippen molar-refractivity contribution in [3.05, 3.63) is 29.7 Å². The third-order valence-electron chi connectivity index (χ3n) is 2.00. The van der Waals surface area contributed by atoms with E-state index >= 15 is 0 Å². The molecule has 0 atom stereocenters. The minimum atomic E-state index is -0.507. The summed E-state index contributed by atoms with van der Waals surface area (Å²) in [5.41, 5.74) is 0.431. The number of benzene rings is 1. The van der Waals surface area contributed by atoms with Gasteiger partial charge in [0.05, 0.1) is 11.8 Å². The fourth-order valence-electron chi connectivity index (χ4n) is 1.33. The zero-order valence-electron chi connectivity index (χ0n) is 6.99. The molecule has 1 aromatic heterocycles. The molecule has 1 heterocycles. The van der Waals surface area contributed by atoms with E-state index < -0.39 is 5.82 Å². The van der Waals surface area contributed by atoms with Gasteiger partial charge in [-0.3, -0.25) is 9.48 Å². The Morgan fingerprint density at radius 1 is 1.54 bits per heavy atom. The molecule has 4 heteroatoms. The molecule has 0 N–H and O–H groups in total. The number of carbonyl (C=O) groups is 1. The number of carbonyl (C=O) groups excluding carboxylic acids is 1. The van der Waals surface area contributed by atoms with Gasteiger partial charge < -0.3 is 0 Å². The van der Waals surface area contributed by atoms with E-state index in [0.717, 1.165) is 0 Å². The topological polar surface area (TPSA) is 34.9 Å². The molecule has 2 aromatic rings. The third-order valence-corrected chi connectivity index (χ3v) is 2.00. The number of aldehydes is 1. The van der Waals surface area contributed by atoms with Crippen LogP contribution in [0, 0.1) is 5.82 Å². The summed E-state index contributed by atoms with van der Waals surface area (Å²) >= 11 is 0. The van der Waals surface area contributed by atoms with Gasteiger partial charge in [-0.25, -0.2) is 4.39 Å². The molecule has 0 amide bonds. The van der Waals surface area contributed by atoms with Crippen LogP contribution in [0.2, 0.25) is 0 Å². The molecule has 0 bridgehead atoms. The standard InChI is InChI=1S/C9H7FN2O/c1-12-9-6(4-11-12)2-3-7(5-13)8(9)10/h2-5H,1H3. The smallest absolute Gasteiger partial charge is 0.159 e. The van der Waals surface area contributed by atoms with Gasteiger partial charge in [-0.15, -0.1) is 0 Å².